The maximum Gasteiger partial charge on any atom is 0.0315 e. The smallest absolute Gasteiger partial charge is 0.0315 e. The van der Waals surface area contributed by atoms with Gasteiger partial charge in [0.05, 0.1) is 0 Å². The Balaban J connectivity index is 1.54. The van der Waals surface area contributed by atoms with Gasteiger partial charge in [0.1, 0.15) is 0 Å². The zero-order valence-electron chi connectivity index (χ0n) is 25.5. The molecule has 0 bridgehead atoms. The van der Waals surface area contributed by atoms with E-state index in [0.717, 1.165) is 0 Å². The topological polar surface area (TPSA) is 3.24 Å². The molecule has 0 radical (unpaired) electrons. The average Bonchev–Trinajstić information content (AvgIpc) is 3.39. The number of rotatable bonds is 6. The van der Waals surface area contributed by atoms with Gasteiger partial charge in [0.25, 0.3) is 0 Å². The Kier molecular flexibility index (Phi) is 8.88. The third kappa shape index (κ3) is 6.39. The van der Waals surface area contributed by atoms with Crippen LogP contribution in [0.15, 0.2) is 109 Å². The highest BCUT2D eigenvalue weighted by Crippen LogP contribution is 2.72. The Morgan fingerprint density at radius 1 is 0.725 bits per heavy atom. The summed E-state index contributed by atoms with van der Waals surface area (Å²) < 4.78 is 2.87. The molecule has 2 unspecified atom stereocenters. The first-order valence-electron chi connectivity index (χ1n) is 15.0. The van der Waals surface area contributed by atoms with Gasteiger partial charge in [-0.05, 0) is 84.1 Å². The van der Waals surface area contributed by atoms with Crippen molar-refractivity contribution in [2.24, 2.45) is 11.3 Å². The molecule has 3 aromatic carbocycles. The summed E-state index contributed by atoms with van der Waals surface area (Å²) in [5, 5.41) is 2.91. The minimum atomic E-state index is -0.617. The molecule has 1 aliphatic carbocycles. The number of allylic oxidation sites excluding steroid dienone is 4. The Hall–Kier alpha value is -2.04. The van der Waals surface area contributed by atoms with Crippen LogP contribution in [0.4, 0.5) is 0 Å². The van der Waals surface area contributed by atoms with Crippen LogP contribution in [0, 0.1) is 11.3 Å². The minimum absolute atomic E-state index is 0.178. The van der Waals surface area contributed by atoms with Gasteiger partial charge in [0.15, 0.2) is 0 Å². The first-order valence-corrected chi connectivity index (χ1v) is 17.7. The lowest BCUT2D eigenvalue weighted by atomic mass is 9.80. The molecule has 2 aliphatic rings. The highest BCUT2D eigenvalue weighted by Gasteiger charge is 2.45. The van der Waals surface area contributed by atoms with Crippen LogP contribution in [-0.4, -0.2) is 17.1 Å². The summed E-state index contributed by atoms with van der Waals surface area (Å²) in [7, 11) is 1.42. The van der Waals surface area contributed by atoms with Crippen LogP contribution in [0.1, 0.15) is 77.6 Å². The van der Waals surface area contributed by atoms with Gasteiger partial charge in [-0.3, -0.25) is 4.44 Å². The number of benzene rings is 3. The monoisotopic (exact) mass is 567 g/mol. The molecule has 0 amide bonds. The molecule has 3 aromatic rings. The second-order valence-electron chi connectivity index (χ2n) is 13.6. The van der Waals surface area contributed by atoms with E-state index in [9.17, 15) is 0 Å². The molecule has 3 heteroatoms. The van der Waals surface area contributed by atoms with Gasteiger partial charge in [0, 0.05) is 13.7 Å². The predicted molar refractivity (Wildman–Crippen MR) is 179 cm³/mol. The van der Waals surface area contributed by atoms with Crippen molar-refractivity contribution >= 4 is 26.8 Å². The number of hydrogen-bond donors (Lipinski definition) is 0. The summed E-state index contributed by atoms with van der Waals surface area (Å²) in [5.41, 5.74) is 6.13. The fraction of sp³-hybridized carbons (Fsp3) is 0.405. The van der Waals surface area contributed by atoms with Crippen molar-refractivity contribution in [2.75, 3.05) is 7.05 Å². The van der Waals surface area contributed by atoms with E-state index in [4.69, 9.17) is 0 Å². The zero-order chi connectivity index (χ0) is 28.5. The van der Waals surface area contributed by atoms with E-state index in [1.807, 2.05) is 0 Å². The van der Waals surface area contributed by atoms with E-state index in [1.165, 1.54) is 46.6 Å². The molecule has 1 nitrogen and oxygen atoms in total. The number of nitrogens with zero attached hydrogens (tertiary/aromatic N) is 1. The number of hydrogen-bond acceptors (Lipinski definition) is 1. The summed E-state index contributed by atoms with van der Waals surface area (Å²) in [6.45, 7) is 14.0. The van der Waals surface area contributed by atoms with E-state index in [1.54, 1.807) is 0 Å². The van der Waals surface area contributed by atoms with Crippen molar-refractivity contribution in [3.05, 3.63) is 120 Å². The second-order valence-corrected chi connectivity index (χ2v) is 18.8. The average molecular weight is 568 g/mol. The minimum Gasteiger partial charge on any atom is -0.255 e. The lowest BCUT2D eigenvalue weighted by Crippen LogP contribution is -2.28. The summed E-state index contributed by atoms with van der Waals surface area (Å²) in [4.78, 5) is 0. The van der Waals surface area contributed by atoms with Crippen LogP contribution in [0.25, 0.3) is 0 Å². The lowest BCUT2D eigenvalue weighted by molar-refractivity contribution is 0.498. The Labute approximate surface area is 246 Å². The Morgan fingerprint density at radius 3 is 1.77 bits per heavy atom. The summed E-state index contributed by atoms with van der Waals surface area (Å²) in [6.07, 6.45) is 11.3. The highest BCUT2D eigenvalue weighted by molar-refractivity contribution is 7.79. The van der Waals surface area contributed by atoms with Crippen LogP contribution >= 0.6 is 16.1 Å². The zero-order valence-corrected chi connectivity index (χ0v) is 27.3. The van der Waals surface area contributed by atoms with Crippen molar-refractivity contribution in [1.29, 1.82) is 0 Å². The van der Waals surface area contributed by atoms with Crippen LogP contribution in [-0.2, 0) is 5.41 Å². The van der Waals surface area contributed by atoms with Gasteiger partial charge < -0.3 is 0 Å². The third-order valence-corrected chi connectivity index (χ3v) is 15.2. The predicted octanol–water partition coefficient (Wildman–Crippen LogP) is 10.1. The molecular weight excluding hydrogens is 520 g/mol. The molecule has 1 heterocycles. The molecule has 0 saturated carbocycles. The first kappa shape index (κ1) is 29.5. The fourth-order valence-electron chi connectivity index (χ4n) is 6.38. The van der Waals surface area contributed by atoms with E-state index in [-0.39, 0.29) is 10.8 Å². The summed E-state index contributed by atoms with van der Waals surface area (Å²) >= 11 is 0. The Morgan fingerprint density at radius 2 is 1.30 bits per heavy atom. The molecule has 1 saturated heterocycles. The summed E-state index contributed by atoms with van der Waals surface area (Å²) in [6, 6.07) is 32.3. The fourth-order valence-corrected chi connectivity index (χ4v) is 13.7. The molecular formula is C37H47NP2. The van der Waals surface area contributed by atoms with E-state index < -0.39 is 16.1 Å². The molecule has 0 spiro atoms. The van der Waals surface area contributed by atoms with Crippen molar-refractivity contribution in [2.45, 2.75) is 77.5 Å². The van der Waals surface area contributed by atoms with Crippen molar-refractivity contribution in [3.8, 4) is 0 Å². The molecule has 0 aromatic heterocycles. The van der Waals surface area contributed by atoms with Crippen LogP contribution in [0.3, 0.4) is 0 Å². The third-order valence-electron chi connectivity index (χ3n) is 8.67. The maximum atomic E-state index is 2.87. The van der Waals surface area contributed by atoms with Crippen molar-refractivity contribution < 1.29 is 0 Å². The highest BCUT2D eigenvalue weighted by atomic mass is 31.2. The molecule has 210 valence electrons. The van der Waals surface area contributed by atoms with Gasteiger partial charge in [-0.1, -0.05) is 145 Å². The molecule has 40 heavy (non-hydrogen) atoms. The quantitative estimate of drug-likeness (QED) is 0.268. The van der Waals surface area contributed by atoms with E-state index in [0.29, 0.717) is 17.2 Å². The van der Waals surface area contributed by atoms with Crippen LogP contribution in [0.5, 0.6) is 0 Å². The standard InChI is InChI=1S/C37H47NP2/c1-36(2,3)30-22-18-28(19-23-30)34-26-27-35(29-20-24-31(25-21-29)37(4,5)6)40(34)38(7)39(32-14-10-8-11-15-32)33-16-12-9-13-17-33/h8-20,22-25,29,34-35H,21,26-27H2,1-7H3/t29?,34-,35-,40?/m0/s1. The summed E-state index contributed by atoms with van der Waals surface area (Å²) in [5.74, 6) is 0.613. The lowest BCUT2D eigenvalue weighted by Gasteiger charge is -2.42. The molecule has 1 aliphatic heterocycles. The second kappa shape index (κ2) is 12.1. The normalized spacial score (nSPS) is 23.6. The van der Waals surface area contributed by atoms with E-state index >= 15 is 0 Å². The van der Waals surface area contributed by atoms with Gasteiger partial charge in [0.2, 0.25) is 0 Å². The largest absolute Gasteiger partial charge is 0.255 e. The molecule has 1 fully saturated rings. The van der Waals surface area contributed by atoms with E-state index in [2.05, 4.69) is 156 Å². The van der Waals surface area contributed by atoms with Crippen LogP contribution < -0.4 is 10.6 Å². The maximum absolute atomic E-state index is 2.87. The van der Waals surface area contributed by atoms with Gasteiger partial charge in [-0.25, -0.2) is 0 Å². The SMILES string of the molecule is CN(P(c1ccccc1)c1ccccc1)P1[C@H](c2ccc(C(C)(C)C)cc2)CC[C@H]1C1C=CC(C(C)(C)C)=CC1. The Bertz CT molecular complexity index is 1270. The first-order chi connectivity index (χ1) is 19.0. The molecule has 4 atom stereocenters. The van der Waals surface area contributed by atoms with Crippen molar-refractivity contribution in [3.63, 3.8) is 0 Å². The molecule has 5 rings (SSSR count). The van der Waals surface area contributed by atoms with Gasteiger partial charge >= 0.3 is 0 Å². The van der Waals surface area contributed by atoms with Crippen molar-refractivity contribution in [1.82, 2.24) is 4.44 Å². The van der Waals surface area contributed by atoms with Gasteiger partial charge in [-0.15, -0.1) is 0 Å². The van der Waals surface area contributed by atoms with Crippen LogP contribution in [0.2, 0.25) is 0 Å². The van der Waals surface area contributed by atoms with Gasteiger partial charge in [-0.2, -0.15) is 0 Å². The molecule has 0 N–H and O–H groups in total.